The van der Waals surface area contributed by atoms with E-state index in [1.807, 2.05) is 72.8 Å². The van der Waals surface area contributed by atoms with Crippen LogP contribution < -0.4 is 0 Å². The second-order valence-electron chi connectivity index (χ2n) is 5.11. The van der Waals surface area contributed by atoms with E-state index in [-0.39, 0.29) is 5.75 Å². The molecule has 0 fully saturated rings. The van der Waals surface area contributed by atoms with Crippen molar-refractivity contribution in [2.45, 2.75) is 0 Å². The van der Waals surface area contributed by atoms with Gasteiger partial charge in [-0.2, -0.15) is 0 Å². The zero-order chi connectivity index (χ0) is 18.1. The first-order chi connectivity index (χ1) is 12.2. The van der Waals surface area contributed by atoms with Crippen molar-refractivity contribution in [2.24, 2.45) is 4.99 Å². The Morgan fingerprint density at radius 3 is 1.72 bits per heavy atom. The quantitative estimate of drug-likeness (QED) is 0.478. The van der Waals surface area contributed by atoms with Gasteiger partial charge >= 0.3 is 37.9 Å². The minimum absolute atomic E-state index is 0.262. The van der Waals surface area contributed by atoms with E-state index in [0.29, 0.717) is 0 Å². The fraction of sp³-hybridized carbons (Fsp3) is 0.0500. The summed E-state index contributed by atoms with van der Waals surface area (Å²) in [6.45, 7) is 0. The number of aromatic hydroxyl groups is 1. The Morgan fingerprint density at radius 2 is 1.24 bits per heavy atom. The van der Waals surface area contributed by atoms with Gasteiger partial charge < -0.3 is 5.11 Å². The molecule has 0 aliphatic heterocycles. The van der Waals surface area contributed by atoms with Crippen LogP contribution in [0.1, 0.15) is 5.56 Å². The summed E-state index contributed by atoms with van der Waals surface area (Å²) in [4.78, 5) is 4.10. The Labute approximate surface area is 166 Å². The van der Waals surface area contributed by atoms with Crippen molar-refractivity contribution >= 4 is 23.2 Å². The number of hydrogen-bond donors (Lipinski definition) is 1. The Hall–Kier alpha value is -1.41. The van der Waals surface area contributed by atoms with E-state index in [2.05, 4.69) is 4.99 Å². The molecule has 25 heavy (non-hydrogen) atoms. The molecule has 5 heteroatoms. The zero-order valence-corrected chi connectivity index (χ0v) is 17.6. The molecule has 0 amide bonds. The van der Waals surface area contributed by atoms with Gasteiger partial charge in [0.1, 0.15) is 5.75 Å². The molecule has 0 aromatic heterocycles. The third-order valence-corrected chi connectivity index (χ3v) is 3.64. The van der Waals surface area contributed by atoms with Gasteiger partial charge in [-0.25, -0.2) is 0 Å². The van der Waals surface area contributed by atoms with Crippen LogP contribution in [-0.4, -0.2) is 18.4 Å². The molecule has 0 saturated heterocycles. The Bertz CT molecular complexity index is 824. The van der Waals surface area contributed by atoms with Crippen LogP contribution in [0, 0.1) is 0 Å². The standard InChI is InChI=1S/C20H17NO.2ClH.Zr/c1-21-14-19-17(15-8-4-2-5-9-15)12-13-18(20(19)22)16-10-6-3-7-11-16;;;/h2-14,22H,1H3;2*1H;/q;;;+2/p-2. The monoisotopic (exact) mass is 447 g/mol. The number of hydrogen-bond acceptors (Lipinski definition) is 2. The maximum atomic E-state index is 10.7. The molecular weight excluding hydrogens is 432 g/mol. The SMILES string of the molecule is CN=Cc1c(-c2ccccc2)ccc(-c2ccccc2)c1O.[Cl][Zr][Cl]. The van der Waals surface area contributed by atoms with Gasteiger partial charge in [-0.05, 0) is 22.8 Å². The number of phenolic OH excluding ortho intramolecular Hbond substituents is 1. The van der Waals surface area contributed by atoms with Crippen LogP contribution in [0.2, 0.25) is 0 Å². The zero-order valence-electron chi connectivity index (χ0n) is 13.7. The van der Waals surface area contributed by atoms with Crippen molar-refractivity contribution in [2.75, 3.05) is 7.05 Å². The number of aliphatic imine (C=N–C) groups is 1. The third kappa shape index (κ3) is 5.28. The normalized spacial score (nSPS) is 10.2. The van der Waals surface area contributed by atoms with Crippen LogP contribution in [0.15, 0.2) is 77.8 Å². The first kappa shape index (κ1) is 19.9. The maximum absolute atomic E-state index is 10.7. The summed E-state index contributed by atoms with van der Waals surface area (Å²) in [6, 6.07) is 23.9. The van der Waals surface area contributed by atoms with Gasteiger partial charge in [0, 0.05) is 24.4 Å². The van der Waals surface area contributed by atoms with E-state index < -0.39 is 20.8 Å². The van der Waals surface area contributed by atoms with E-state index in [9.17, 15) is 5.11 Å². The molecule has 0 bridgehead atoms. The number of benzene rings is 3. The van der Waals surface area contributed by atoms with Crippen molar-refractivity contribution in [1.82, 2.24) is 0 Å². The van der Waals surface area contributed by atoms with Gasteiger partial charge in [0.25, 0.3) is 0 Å². The van der Waals surface area contributed by atoms with Gasteiger partial charge in [-0.1, -0.05) is 66.7 Å². The third-order valence-electron chi connectivity index (χ3n) is 3.64. The van der Waals surface area contributed by atoms with Crippen LogP contribution >= 0.6 is 17.0 Å². The van der Waals surface area contributed by atoms with Gasteiger partial charge in [0.15, 0.2) is 0 Å². The number of nitrogens with zero attached hydrogens (tertiary/aromatic N) is 1. The van der Waals surface area contributed by atoms with E-state index in [0.717, 1.165) is 27.8 Å². The van der Waals surface area contributed by atoms with Crippen molar-refractivity contribution < 1.29 is 26.0 Å². The minimum atomic E-state index is -0.826. The summed E-state index contributed by atoms with van der Waals surface area (Å²) in [5.74, 6) is 0.262. The van der Waals surface area contributed by atoms with Crippen LogP contribution in [-0.2, 0) is 20.8 Å². The molecule has 3 aromatic rings. The molecule has 0 heterocycles. The predicted molar refractivity (Wildman–Crippen MR) is 104 cm³/mol. The Kier molecular flexibility index (Phi) is 8.41. The molecule has 0 unspecified atom stereocenters. The summed E-state index contributed by atoms with van der Waals surface area (Å²) < 4.78 is 0. The Balaban J connectivity index is 0.000000701. The molecule has 2 nitrogen and oxygen atoms in total. The second-order valence-corrected chi connectivity index (χ2v) is 8.85. The van der Waals surface area contributed by atoms with Crippen LogP contribution in [0.4, 0.5) is 0 Å². The molecule has 0 radical (unpaired) electrons. The predicted octanol–water partition coefficient (Wildman–Crippen LogP) is 6.15. The molecule has 126 valence electrons. The fourth-order valence-electron chi connectivity index (χ4n) is 2.59. The molecule has 0 aliphatic carbocycles. The van der Waals surface area contributed by atoms with Gasteiger partial charge in [0.2, 0.25) is 0 Å². The second kappa shape index (κ2) is 10.6. The molecule has 0 atom stereocenters. The Morgan fingerprint density at radius 1 is 0.800 bits per heavy atom. The number of rotatable bonds is 3. The summed E-state index contributed by atoms with van der Waals surface area (Å²) >= 11 is -0.826. The van der Waals surface area contributed by atoms with Crippen molar-refractivity contribution in [3.8, 4) is 28.0 Å². The van der Waals surface area contributed by atoms with Gasteiger partial charge in [-0.15, -0.1) is 0 Å². The van der Waals surface area contributed by atoms with Crippen LogP contribution in [0.5, 0.6) is 5.75 Å². The van der Waals surface area contributed by atoms with Crippen molar-refractivity contribution in [3.63, 3.8) is 0 Å². The first-order valence-electron chi connectivity index (χ1n) is 7.58. The molecule has 0 spiro atoms. The molecule has 3 rings (SSSR count). The molecule has 0 aliphatic rings. The summed E-state index contributed by atoms with van der Waals surface area (Å²) in [5, 5.41) is 10.7. The van der Waals surface area contributed by atoms with E-state index in [1.54, 1.807) is 13.3 Å². The fourth-order valence-corrected chi connectivity index (χ4v) is 2.59. The van der Waals surface area contributed by atoms with Crippen molar-refractivity contribution in [3.05, 3.63) is 78.4 Å². The van der Waals surface area contributed by atoms with Gasteiger partial charge in [-0.3, -0.25) is 4.99 Å². The van der Waals surface area contributed by atoms with E-state index >= 15 is 0 Å². The van der Waals surface area contributed by atoms with Crippen molar-refractivity contribution in [1.29, 1.82) is 0 Å². The molecule has 3 aromatic carbocycles. The number of phenols is 1. The van der Waals surface area contributed by atoms with Crippen LogP contribution in [0.3, 0.4) is 0 Å². The molecular formula is C20H17Cl2NOZr. The summed E-state index contributed by atoms with van der Waals surface area (Å²) in [5.41, 5.74) is 4.59. The molecule has 0 saturated carbocycles. The summed E-state index contributed by atoms with van der Waals surface area (Å²) in [7, 11) is 11.6. The van der Waals surface area contributed by atoms with Gasteiger partial charge in [0.05, 0.1) is 0 Å². The van der Waals surface area contributed by atoms with E-state index in [4.69, 9.17) is 17.0 Å². The van der Waals surface area contributed by atoms with E-state index in [1.165, 1.54) is 0 Å². The topological polar surface area (TPSA) is 32.6 Å². The average Bonchev–Trinajstić information content (AvgIpc) is 2.65. The van der Waals surface area contributed by atoms with Crippen LogP contribution in [0.25, 0.3) is 22.3 Å². The average molecular weight is 449 g/mol. The number of halogens is 2. The molecule has 1 N–H and O–H groups in total. The summed E-state index contributed by atoms with van der Waals surface area (Å²) in [6.07, 6.45) is 1.71. The first-order valence-corrected chi connectivity index (χ1v) is 13.9.